The fourth-order valence-corrected chi connectivity index (χ4v) is 2.89. The fraction of sp³-hybridized carbons (Fsp3) is 0. The maximum atomic E-state index is 2.24. The van der Waals surface area contributed by atoms with Gasteiger partial charge in [-0.1, -0.05) is 72.4 Å². The minimum absolute atomic E-state index is 1.26. The molecule has 0 atom stereocenters. The Morgan fingerprint density at radius 1 is 0.474 bits per heavy atom. The van der Waals surface area contributed by atoms with Gasteiger partial charge in [-0.3, -0.25) is 0 Å². The van der Waals surface area contributed by atoms with Crippen LogP contribution in [0, 0.1) is 0 Å². The van der Waals surface area contributed by atoms with Gasteiger partial charge in [0.2, 0.25) is 0 Å². The topological polar surface area (TPSA) is 0 Å². The van der Waals surface area contributed by atoms with E-state index in [2.05, 4.69) is 72.8 Å². The molecule has 0 heterocycles. The van der Waals surface area contributed by atoms with Crippen molar-refractivity contribution < 1.29 is 0 Å². The van der Waals surface area contributed by atoms with Gasteiger partial charge in [0, 0.05) is 9.79 Å². The zero-order valence-electron chi connectivity index (χ0n) is 10.5. The molecule has 0 radical (unpaired) electrons. The van der Waals surface area contributed by atoms with Crippen LogP contribution in [-0.2, 0) is 0 Å². The van der Waals surface area contributed by atoms with Crippen molar-refractivity contribution in [1.29, 1.82) is 0 Å². The molecular weight excluding hydrogens is 248 g/mol. The third kappa shape index (κ3) is 3.07. The summed E-state index contributed by atoms with van der Waals surface area (Å²) in [6, 6.07) is 29.6. The largest absolute Gasteiger partial charge is 0.0901 e. The first-order chi connectivity index (χ1) is 9.42. The Morgan fingerprint density at radius 2 is 1.05 bits per heavy atom. The van der Waals surface area contributed by atoms with Gasteiger partial charge in [0.25, 0.3) is 0 Å². The van der Waals surface area contributed by atoms with Crippen LogP contribution >= 0.6 is 11.8 Å². The van der Waals surface area contributed by atoms with Crippen LogP contribution in [0.1, 0.15) is 0 Å². The Labute approximate surface area is 118 Å². The minimum atomic E-state index is 1.26. The lowest BCUT2D eigenvalue weighted by Gasteiger charge is -2.05. The first-order valence-electron chi connectivity index (χ1n) is 6.30. The van der Waals surface area contributed by atoms with Gasteiger partial charge in [-0.05, 0) is 35.4 Å². The van der Waals surface area contributed by atoms with E-state index in [9.17, 15) is 0 Å². The molecule has 0 spiro atoms. The zero-order chi connectivity index (χ0) is 12.9. The lowest BCUT2D eigenvalue weighted by molar-refractivity contribution is 1.40. The van der Waals surface area contributed by atoms with E-state index in [1.807, 2.05) is 12.1 Å². The van der Waals surface area contributed by atoms with Crippen LogP contribution in [0.5, 0.6) is 0 Å². The lowest BCUT2D eigenvalue weighted by Crippen LogP contribution is -1.78. The average molecular weight is 262 g/mol. The molecule has 3 aromatic rings. The maximum absolute atomic E-state index is 2.24. The van der Waals surface area contributed by atoms with E-state index in [4.69, 9.17) is 0 Å². The summed E-state index contributed by atoms with van der Waals surface area (Å²) < 4.78 is 0. The lowest BCUT2D eigenvalue weighted by atomic mass is 10.1. The van der Waals surface area contributed by atoms with Gasteiger partial charge < -0.3 is 0 Å². The van der Waals surface area contributed by atoms with Gasteiger partial charge >= 0.3 is 0 Å². The van der Waals surface area contributed by atoms with Gasteiger partial charge in [0.15, 0.2) is 0 Å². The van der Waals surface area contributed by atoms with Crippen LogP contribution in [0.15, 0.2) is 94.7 Å². The van der Waals surface area contributed by atoms with Gasteiger partial charge in [0.1, 0.15) is 0 Å². The fourth-order valence-electron chi connectivity index (χ4n) is 1.99. The number of benzene rings is 3. The van der Waals surface area contributed by atoms with E-state index in [1.54, 1.807) is 11.8 Å². The van der Waals surface area contributed by atoms with Crippen molar-refractivity contribution in [3.63, 3.8) is 0 Å². The number of hydrogen-bond acceptors (Lipinski definition) is 1. The molecule has 0 amide bonds. The summed E-state index contributed by atoms with van der Waals surface area (Å²) in [5, 5.41) is 0. The van der Waals surface area contributed by atoms with Crippen LogP contribution in [0.2, 0.25) is 0 Å². The number of rotatable bonds is 3. The molecule has 0 fully saturated rings. The van der Waals surface area contributed by atoms with Crippen molar-refractivity contribution in [2.24, 2.45) is 0 Å². The van der Waals surface area contributed by atoms with E-state index in [0.29, 0.717) is 0 Å². The van der Waals surface area contributed by atoms with E-state index in [1.165, 1.54) is 20.9 Å². The van der Waals surface area contributed by atoms with Crippen molar-refractivity contribution in [3.05, 3.63) is 84.9 Å². The monoisotopic (exact) mass is 262 g/mol. The predicted octanol–water partition coefficient (Wildman–Crippen LogP) is 5.50. The molecule has 19 heavy (non-hydrogen) atoms. The highest BCUT2D eigenvalue weighted by Gasteiger charge is 2.00. The molecule has 92 valence electrons. The van der Waals surface area contributed by atoms with E-state index < -0.39 is 0 Å². The molecule has 0 saturated carbocycles. The summed E-state index contributed by atoms with van der Waals surface area (Å²) in [4.78, 5) is 2.54. The average Bonchev–Trinajstić information content (AvgIpc) is 2.49. The molecule has 0 aromatic heterocycles. The third-order valence-electron chi connectivity index (χ3n) is 2.92. The highest BCUT2D eigenvalue weighted by Crippen LogP contribution is 2.30. The maximum Gasteiger partial charge on any atom is 0.0128 e. The van der Waals surface area contributed by atoms with Crippen molar-refractivity contribution in [1.82, 2.24) is 0 Å². The highest BCUT2D eigenvalue weighted by atomic mass is 32.2. The second-order valence-corrected chi connectivity index (χ2v) is 5.46. The molecular formula is C18H14S. The van der Waals surface area contributed by atoms with Gasteiger partial charge in [-0.2, -0.15) is 0 Å². The first-order valence-corrected chi connectivity index (χ1v) is 7.12. The van der Waals surface area contributed by atoms with Gasteiger partial charge in [-0.25, -0.2) is 0 Å². The number of hydrogen-bond donors (Lipinski definition) is 0. The van der Waals surface area contributed by atoms with E-state index >= 15 is 0 Å². The molecule has 3 aromatic carbocycles. The standard InChI is InChI=1S/C18H14S/c1-3-8-15(9-4-1)16-10-7-13-18(14-16)19-17-11-5-2-6-12-17/h1-14H. The molecule has 0 N–H and O–H groups in total. The molecule has 0 bridgehead atoms. The van der Waals surface area contributed by atoms with E-state index in [0.717, 1.165) is 0 Å². The Hall–Kier alpha value is -1.99. The minimum Gasteiger partial charge on any atom is -0.0901 e. The second-order valence-electron chi connectivity index (χ2n) is 4.31. The normalized spacial score (nSPS) is 10.3. The molecule has 0 aliphatic heterocycles. The molecule has 0 unspecified atom stereocenters. The summed E-state index contributed by atoms with van der Waals surface area (Å²) in [7, 11) is 0. The molecule has 1 heteroatoms. The Kier molecular flexibility index (Phi) is 3.66. The zero-order valence-corrected chi connectivity index (χ0v) is 11.3. The molecule has 3 rings (SSSR count). The smallest absolute Gasteiger partial charge is 0.0128 e. The third-order valence-corrected chi connectivity index (χ3v) is 3.92. The van der Waals surface area contributed by atoms with E-state index in [-0.39, 0.29) is 0 Å². The first kappa shape index (κ1) is 12.1. The second kappa shape index (κ2) is 5.77. The summed E-state index contributed by atoms with van der Waals surface area (Å²) in [5.41, 5.74) is 2.53. The molecule has 0 saturated heterocycles. The van der Waals surface area contributed by atoms with Crippen LogP contribution < -0.4 is 0 Å². The highest BCUT2D eigenvalue weighted by molar-refractivity contribution is 7.99. The van der Waals surface area contributed by atoms with Crippen LogP contribution in [-0.4, -0.2) is 0 Å². The molecule has 0 nitrogen and oxygen atoms in total. The van der Waals surface area contributed by atoms with Crippen molar-refractivity contribution in [3.8, 4) is 11.1 Å². The quantitative estimate of drug-likeness (QED) is 0.600. The van der Waals surface area contributed by atoms with Crippen LogP contribution in [0.4, 0.5) is 0 Å². The van der Waals surface area contributed by atoms with Crippen LogP contribution in [0.25, 0.3) is 11.1 Å². The summed E-state index contributed by atoms with van der Waals surface area (Å²) in [6.45, 7) is 0. The van der Waals surface area contributed by atoms with Crippen LogP contribution in [0.3, 0.4) is 0 Å². The van der Waals surface area contributed by atoms with Gasteiger partial charge in [0.05, 0.1) is 0 Å². The summed E-state index contributed by atoms with van der Waals surface area (Å²) >= 11 is 1.80. The molecule has 0 aliphatic carbocycles. The summed E-state index contributed by atoms with van der Waals surface area (Å²) in [6.07, 6.45) is 0. The Bertz CT molecular complexity index is 645. The van der Waals surface area contributed by atoms with Crippen molar-refractivity contribution in [2.75, 3.05) is 0 Å². The Morgan fingerprint density at radius 3 is 1.79 bits per heavy atom. The molecule has 0 aliphatic rings. The van der Waals surface area contributed by atoms with Gasteiger partial charge in [-0.15, -0.1) is 0 Å². The SMILES string of the molecule is c1ccc(Sc2cccc(-c3ccccc3)c2)cc1. The Balaban J connectivity index is 1.89. The predicted molar refractivity (Wildman–Crippen MR) is 82.4 cm³/mol. The van der Waals surface area contributed by atoms with Crippen molar-refractivity contribution >= 4 is 11.8 Å². The van der Waals surface area contributed by atoms with Crippen molar-refractivity contribution in [2.45, 2.75) is 9.79 Å². The summed E-state index contributed by atoms with van der Waals surface area (Å²) in [5.74, 6) is 0.